The van der Waals surface area contributed by atoms with Crippen LogP contribution in [-0.2, 0) is 20.9 Å². The average Bonchev–Trinajstić information content (AvgIpc) is 3.08. The number of nitrogens with one attached hydrogen (secondary N) is 1. The summed E-state index contributed by atoms with van der Waals surface area (Å²) < 4.78 is 4.54. The van der Waals surface area contributed by atoms with E-state index < -0.39 is 11.9 Å². The first-order valence-electron chi connectivity index (χ1n) is 10.8. The van der Waals surface area contributed by atoms with E-state index in [1.807, 2.05) is 6.07 Å². The summed E-state index contributed by atoms with van der Waals surface area (Å²) in [5, 5.41) is 2.35. The molecule has 1 saturated carbocycles. The minimum Gasteiger partial charge on any atom is -0.464 e. The van der Waals surface area contributed by atoms with E-state index in [-0.39, 0.29) is 17.3 Å². The van der Waals surface area contributed by atoms with Crippen molar-refractivity contribution in [1.29, 1.82) is 0 Å². The molecule has 2 aliphatic rings. The van der Waals surface area contributed by atoms with E-state index in [0.29, 0.717) is 29.4 Å². The Balaban J connectivity index is 1.74. The predicted octanol–water partition coefficient (Wildman–Crippen LogP) is 4.28. The van der Waals surface area contributed by atoms with Crippen molar-refractivity contribution in [3.8, 4) is 0 Å². The molecule has 1 aliphatic heterocycles. The van der Waals surface area contributed by atoms with Crippen LogP contribution < -0.4 is 5.32 Å². The highest BCUT2D eigenvalue weighted by molar-refractivity contribution is 6.07. The van der Waals surface area contributed by atoms with E-state index >= 15 is 0 Å². The molecule has 0 atom stereocenters. The van der Waals surface area contributed by atoms with Gasteiger partial charge in [0.1, 0.15) is 11.4 Å². The number of carbonyl (C=O) groups excluding carboxylic acids is 3. The van der Waals surface area contributed by atoms with Crippen LogP contribution in [0.3, 0.4) is 0 Å². The van der Waals surface area contributed by atoms with Crippen LogP contribution in [0.1, 0.15) is 73.9 Å². The van der Waals surface area contributed by atoms with Gasteiger partial charge in [-0.05, 0) is 60.1 Å². The Hall–Kier alpha value is -2.89. The Labute approximate surface area is 184 Å². The normalized spacial score (nSPS) is 20.8. The van der Waals surface area contributed by atoms with Crippen molar-refractivity contribution in [1.82, 2.24) is 10.2 Å². The van der Waals surface area contributed by atoms with Gasteiger partial charge in [0.2, 0.25) is 0 Å². The van der Waals surface area contributed by atoms with Crippen LogP contribution in [-0.4, -0.2) is 29.8 Å². The maximum absolute atomic E-state index is 13.0. The van der Waals surface area contributed by atoms with Crippen LogP contribution >= 0.6 is 0 Å². The summed E-state index contributed by atoms with van der Waals surface area (Å²) in [5.41, 5.74) is 2.90. The molecule has 3 rings (SSSR count). The van der Waals surface area contributed by atoms with E-state index in [9.17, 15) is 14.4 Å². The molecular weight excluding hydrogens is 392 g/mol. The molecule has 0 unspecified atom stereocenters. The lowest BCUT2D eigenvalue weighted by Crippen LogP contribution is -2.36. The highest BCUT2D eigenvalue weighted by atomic mass is 16.5. The molecule has 1 aromatic carbocycles. The third kappa shape index (κ3) is 4.58. The number of esters is 1. The predicted molar refractivity (Wildman–Crippen MR) is 119 cm³/mol. The monoisotopic (exact) mass is 424 g/mol. The Morgan fingerprint density at radius 2 is 1.77 bits per heavy atom. The summed E-state index contributed by atoms with van der Waals surface area (Å²) in [7, 11) is 1.20. The largest absolute Gasteiger partial charge is 0.464 e. The van der Waals surface area contributed by atoms with Gasteiger partial charge in [0.25, 0.3) is 11.8 Å². The molecule has 1 fully saturated rings. The number of hydrogen-bond donors (Lipinski definition) is 1. The van der Waals surface area contributed by atoms with Gasteiger partial charge in [-0.2, -0.15) is 0 Å². The van der Waals surface area contributed by atoms with Gasteiger partial charge in [0, 0.05) is 5.56 Å². The van der Waals surface area contributed by atoms with Gasteiger partial charge in [-0.1, -0.05) is 46.1 Å². The number of carbonyl (C=O) groups is 3. The summed E-state index contributed by atoms with van der Waals surface area (Å²) in [6.45, 7) is 14.5. The molecule has 1 aliphatic carbocycles. The van der Waals surface area contributed by atoms with Crippen molar-refractivity contribution < 1.29 is 19.1 Å². The fourth-order valence-corrected chi connectivity index (χ4v) is 4.73. The Morgan fingerprint density at radius 1 is 1.13 bits per heavy atom. The first-order chi connectivity index (χ1) is 14.5. The lowest BCUT2D eigenvalue weighted by Gasteiger charge is -2.37. The highest BCUT2D eigenvalue weighted by Crippen LogP contribution is 2.45. The molecule has 166 valence electrons. The summed E-state index contributed by atoms with van der Waals surface area (Å²) in [4.78, 5) is 38.4. The quantitative estimate of drug-likeness (QED) is 0.565. The average molecular weight is 425 g/mol. The number of ether oxygens (including phenoxy) is 1. The third-order valence-corrected chi connectivity index (χ3v) is 6.68. The third-order valence-electron chi connectivity index (χ3n) is 6.68. The summed E-state index contributed by atoms with van der Waals surface area (Å²) in [6.07, 6.45) is 4.57. The summed E-state index contributed by atoms with van der Waals surface area (Å²) in [5.74, 6) is -0.509. The van der Waals surface area contributed by atoms with E-state index in [1.54, 1.807) is 6.07 Å². The van der Waals surface area contributed by atoms with Crippen molar-refractivity contribution in [2.24, 2.45) is 11.3 Å². The molecule has 0 aromatic heterocycles. The van der Waals surface area contributed by atoms with Gasteiger partial charge in [0.15, 0.2) is 0 Å². The first-order valence-corrected chi connectivity index (χ1v) is 10.8. The van der Waals surface area contributed by atoms with Crippen molar-refractivity contribution >= 4 is 17.8 Å². The van der Waals surface area contributed by atoms with Crippen LogP contribution in [0.4, 0.5) is 0 Å². The molecule has 1 aromatic rings. The molecule has 6 nitrogen and oxygen atoms in total. The minimum atomic E-state index is -0.745. The van der Waals surface area contributed by atoms with Gasteiger partial charge < -0.3 is 10.1 Å². The number of benzene rings is 1. The molecule has 1 heterocycles. The zero-order valence-electron chi connectivity index (χ0n) is 18.9. The number of rotatable bonds is 5. The smallest absolute Gasteiger partial charge is 0.353 e. The molecule has 0 spiro atoms. The van der Waals surface area contributed by atoms with Gasteiger partial charge in [-0.25, -0.2) is 4.79 Å². The number of methoxy groups -OCH3 is 1. The maximum Gasteiger partial charge on any atom is 0.353 e. The number of nitrogens with zero attached hydrogens (tertiary/aromatic N) is 1. The maximum atomic E-state index is 13.0. The van der Waals surface area contributed by atoms with Gasteiger partial charge in [-0.15, -0.1) is 0 Å². The van der Waals surface area contributed by atoms with Crippen LogP contribution in [0.15, 0.2) is 42.8 Å². The highest BCUT2D eigenvalue weighted by Gasteiger charge is 2.36. The lowest BCUT2D eigenvalue weighted by molar-refractivity contribution is -0.137. The number of amides is 2. The van der Waals surface area contributed by atoms with E-state index in [0.717, 1.165) is 18.4 Å². The molecular formula is C25H32N2O4. The van der Waals surface area contributed by atoms with Gasteiger partial charge in [-0.3, -0.25) is 14.5 Å². The fourth-order valence-electron chi connectivity index (χ4n) is 4.73. The molecule has 31 heavy (non-hydrogen) atoms. The van der Waals surface area contributed by atoms with E-state index in [4.69, 9.17) is 0 Å². The van der Waals surface area contributed by atoms with Crippen LogP contribution in [0.25, 0.3) is 0 Å². The molecule has 6 heteroatoms. The zero-order chi connectivity index (χ0) is 22.9. The van der Waals surface area contributed by atoms with Gasteiger partial charge in [0.05, 0.1) is 13.7 Å². The molecule has 0 radical (unpaired) electrons. The van der Waals surface area contributed by atoms with Crippen LogP contribution in [0.2, 0.25) is 0 Å². The second-order valence-electron chi connectivity index (χ2n) is 9.55. The van der Waals surface area contributed by atoms with E-state index in [1.165, 1.54) is 30.4 Å². The second kappa shape index (κ2) is 8.69. The molecule has 1 N–H and O–H groups in total. The number of hydrogen-bond acceptors (Lipinski definition) is 4. The zero-order valence-corrected chi connectivity index (χ0v) is 18.9. The van der Waals surface area contributed by atoms with Crippen molar-refractivity contribution in [2.45, 2.75) is 58.9 Å². The second-order valence-corrected chi connectivity index (χ2v) is 9.55. The van der Waals surface area contributed by atoms with Crippen LogP contribution in [0.5, 0.6) is 0 Å². The number of fused-ring (bicyclic) bond motifs is 1. The SMILES string of the molecule is C=C(NC(=O)C(=C)N1Cc2c(cccc2C2CCC(C(C)(C)C)CC2)C1=O)C(=O)OC. The molecule has 0 saturated heterocycles. The van der Waals surface area contributed by atoms with E-state index in [2.05, 4.69) is 50.0 Å². The Bertz CT molecular complexity index is 933. The lowest BCUT2D eigenvalue weighted by atomic mass is 9.68. The molecule has 0 bridgehead atoms. The standard InChI is InChI=1S/C25H32N2O4/c1-15(24(30)31-6)26-22(28)16(2)27-14-21-19(8-7-9-20(21)23(27)29)17-10-12-18(13-11-17)25(3,4)5/h7-9,17-18H,1-2,10-14H2,3-6H3,(H,26,28). The Kier molecular flexibility index (Phi) is 6.39. The van der Waals surface area contributed by atoms with Gasteiger partial charge >= 0.3 is 5.97 Å². The summed E-state index contributed by atoms with van der Waals surface area (Å²) in [6, 6.07) is 5.84. The minimum absolute atomic E-state index is 0.0198. The van der Waals surface area contributed by atoms with Crippen molar-refractivity contribution in [2.75, 3.05) is 7.11 Å². The fraction of sp³-hybridized carbons (Fsp3) is 0.480. The Morgan fingerprint density at radius 3 is 2.35 bits per heavy atom. The first kappa shape index (κ1) is 22.8. The van der Waals surface area contributed by atoms with Crippen molar-refractivity contribution in [3.63, 3.8) is 0 Å². The van der Waals surface area contributed by atoms with Crippen molar-refractivity contribution in [3.05, 3.63) is 59.4 Å². The summed E-state index contributed by atoms with van der Waals surface area (Å²) >= 11 is 0. The van der Waals surface area contributed by atoms with Crippen LogP contribution in [0, 0.1) is 11.3 Å². The molecule has 2 amide bonds. The topological polar surface area (TPSA) is 75.7 Å².